The highest BCUT2D eigenvalue weighted by molar-refractivity contribution is 5.46. The summed E-state index contributed by atoms with van der Waals surface area (Å²) in [5, 5.41) is 7.36. The normalized spacial score (nSPS) is 18.5. The van der Waals surface area contributed by atoms with E-state index in [0.29, 0.717) is 42.6 Å². The van der Waals surface area contributed by atoms with Gasteiger partial charge < -0.3 is 15.8 Å². The maximum Gasteiger partial charge on any atom is 0.320 e. The molecule has 8 nitrogen and oxygen atoms in total. The van der Waals surface area contributed by atoms with E-state index >= 15 is 0 Å². The molecule has 0 spiro atoms. The van der Waals surface area contributed by atoms with Crippen molar-refractivity contribution in [2.75, 3.05) is 17.7 Å². The van der Waals surface area contributed by atoms with Crippen LogP contribution in [0, 0.1) is 5.92 Å². The Bertz CT molecular complexity index is 880. The van der Waals surface area contributed by atoms with Gasteiger partial charge in [0.15, 0.2) is 0 Å². The number of ether oxygens (including phenoxy) is 1. The van der Waals surface area contributed by atoms with Crippen molar-refractivity contribution < 1.29 is 4.74 Å². The van der Waals surface area contributed by atoms with Crippen LogP contribution >= 0.6 is 0 Å². The van der Waals surface area contributed by atoms with E-state index < -0.39 is 0 Å². The van der Waals surface area contributed by atoms with Crippen LogP contribution in [0.2, 0.25) is 0 Å². The van der Waals surface area contributed by atoms with Crippen LogP contribution in [0.5, 0.6) is 6.01 Å². The summed E-state index contributed by atoms with van der Waals surface area (Å²) >= 11 is 0. The van der Waals surface area contributed by atoms with Gasteiger partial charge >= 0.3 is 6.01 Å². The van der Waals surface area contributed by atoms with Gasteiger partial charge in [0.2, 0.25) is 0 Å². The first-order valence-electron chi connectivity index (χ1n) is 8.57. The average molecular weight is 351 g/mol. The van der Waals surface area contributed by atoms with Crippen molar-refractivity contribution >= 4 is 11.6 Å². The number of hydrogen-bond acceptors (Lipinski definition) is 7. The van der Waals surface area contributed by atoms with Crippen LogP contribution in [0.15, 0.2) is 42.9 Å². The number of rotatable bonds is 7. The number of nitrogens with two attached hydrogens (primary N) is 1. The quantitative estimate of drug-likeness (QED) is 0.671. The molecular formula is C18H21N7O. The zero-order valence-electron chi connectivity index (χ0n) is 14.5. The monoisotopic (exact) mass is 351 g/mol. The van der Waals surface area contributed by atoms with Gasteiger partial charge in [-0.1, -0.05) is 6.07 Å². The number of anilines is 2. The second-order valence-corrected chi connectivity index (χ2v) is 6.50. The number of nitrogens with zero attached hydrogens (tertiary/aromatic N) is 5. The third kappa shape index (κ3) is 3.90. The van der Waals surface area contributed by atoms with Gasteiger partial charge in [-0.15, -0.1) is 0 Å². The molecule has 3 heterocycles. The number of aryl methyl sites for hydroxylation is 1. The molecule has 1 aliphatic rings. The van der Waals surface area contributed by atoms with E-state index in [1.807, 2.05) is 31.6 Å². The number of aromatic nitrogens is 5. The van der Waals surface area contributed by atoms with Crippen LogP contribution in [0.25, 0.3) is 0 Å². The van der Waals surface area contributed by atoms with E-state index in [1.165, 1.54) is 0 Å². The molecule has 134 valence electrons. The first-order valence-corrected chi connectivity index (χ1v) is 8.57. The lowest BCUT2D eigenvalue weighted by molar-refractivity contribution is 0.274. The third-order valence-electron chi connectivity index (χ3n) is 4.37. The molecule has 2 atom stereocenters. The van der Waals surface area contributed by atoms with E-state index in [4.69, 9.17) is 10.5 Å². The molecule has 1 saturated carbocycles. The molecule has 0 aromatic carbocycles. The Balaban J connectivity index is 1.33. The van der Waals surface area contributed by atoms with Gasteiger partial charge in [-0.2, -0.15) is 15.1 Å². The summed E-state index contributed by atoms with van der Waals surface area (Å²) in [7, 11) is 1.88. The first kappa shape index (κ1) is 16.3. The van der Waals surface area contributed by atoms with Gasteiger partial charge in [-0.05, 0) is 18.6 Å². The summed E-state index contributed by atoms with van der Waals surface area (Å²) < 4.78 is 7.53. The predicted molar refractivity (Wildman–Crippen MR) is 97.6 cm³/mol. The second kappa shape index (κ2) is 6.99. The molecule has 1 aliphatic carbocycles. The minimum Gasteiger partial charge on any atom is -0.463 e. The Morgan fingerprint density at radius 1 is 1.35 bits per heavy atom. The summed E-state index contributed by atoms with van der Waals surface area (Å²) in [5.41, 5.74) is 8.05. The van der Waals surface area contributed by atoms with Crippen LogP contribution in [-0.4, -0.2) is 31.3 Å². The zero-order chi connectivity index (χ0) is 17.9. The summed E-state index contributed by atoms with van der Waals surface area (Å²) in [4.78, 5) is 13.0. The predicted octanol–water partition coefficient (Wildman–Crippen LogP) is 1.98. The molecule has 3 aromatic rings. The van der Waals surface area contributed by atoms with Crippen molar-refractivity contribution in [2.24, 2.45) is 13.0 Å². The van der Waals surface area contributed by atoms with E-state index in [2.05, 4.69) is 31.4 Å². The second-order valence-electron chi connectivity index (χ2n) is 6.50. The fraction of sp³-hybridized carbons (Fsp3) is 0.333. The van der Waals surface area contributed by atoms with Gasteiger partial charge in [0.1, 0.15) is 11.6 Å². The number of pyridine rings is 1. The minimum atomic E-state index is 0.297. The van der Waals surface area contributed by atoms with Crippen molar-refractivity contribution in [1.29, 1.82) is 0 Å². The Morgan fingerprint density at radius 3 is 3.04 bits per heavy atom. The minimum absolute atomic E-state index is 0.297. The highest BCUT2D eigenvalue weighted by Gasteiger charge is 2.40. The van der Waals surface area contributed by atoms with E-state index in [9.17, 15) is 0 Å². The topological polar surface area (TPSA) is 104 Å². The van der Waals surface area contributed by atoms with E-state index in [-0.39, 0.29) is 0 Å². The number of nitrogens with one attached hydrogen (secondary N) is 1. The van der Waals surface area contributed by atoms with Crippen LogP contribution < -0.4 is 15.8 Å². The Hall–Kier alpha value is -3.16. The Labute approximate surface area is 151 Å². The fourth-order valence-corrected chi connectivity index (χ4v) is 2.92. The van der Waals surface area contributed by atoms with E-state index in [0.717, 1.165) is 17.7 Å². The smallest absolute Gasteiger partial charge is 0.320 e. The Kier molecular flexibility index (Phi) is 4.39. The van der Waals surface area contributed by atoms with E-state index in [1.54, 1.807) is 16.9 Å². The van der Waals surface area contributed by atoms with Crippen LogP contribution in [-0.2, 0) is 13.6 Å². The number of nitrogen functional groups attached to an aromatic ring is 1. The highest BCUT2D eigenvalue weighted by Crippen LogP contribution is 2.46. The first-order chi connectivity index (χ1) is 12.7. The molecule has 0 aliphatic heterocycles. The van der Waals surface area contributed by atoms with Crippen molar-refractivity contribution in [3.63, 3.8) is 0 Å². The van der Waals surface area contributed by atoms with Gasteiger partial charge in [0.25, 0.3) is 0 Å². The van der Waals surface area contributed by atoms with Gasteiger partial charge in [-0.3, -0.25) is 9.67 Å². The maximum atomic E-state index is 5.88. The summed E-state index contributed by atoms with van der Waals surface area (Å²) in [6.45, 7) is 1.17. The lowest BCUT2D eigenvalue weighted by atomic mass is 10.2. The van der Waals surface area contributed by atoms with Crippen LogP contribution in [0.1, 0.15) is 23.6 Å². The largest absolute Gasteiger partial charge is 0.463 e. The maximum absolute atomic E-state index is 5.88. The molecule has 8 heteroatoms. The molecule has 26 heavy (non-hydrogen) atoms. The zero-order valence-corrected chi connectivity index (χ0v) is 14.5. The summed E-state index contributed by atoms with van der Waals surface area (Å²) in [6, 6.07) is 7.99. The lowest BCUT2D eigenvalue weighted by Crippen LogP contribution is -2.08. The van der Waals surface area contributed by atoms with Crippen molar-refractivity contribution in [2.45, 2.75) is 18.9 Å². The molecule has 3 aromatic heterocycles. The average Bonchev–Trinajstić information content (AvgIpc) is 3.31. The molecule has 4 rings (SSSR count). The SMILES string of the molecule is Cn1cc(CNc2cc(N)nc(OC[C@H]3C[C@@H]3c3ccccn3)n2)cn1. The van der Waals surface area contributed by atoms with Crippen molar-refractivity contribution in [3.05, 3.63) is 54.1 Å². The molecule has 0 saturated heterocycles. The molecule has 0 radical (unpaired) electrons. The fourth-order valence-electron chi connectivity index (χ4n) is 2.92. The standard InChI is InChI=1S/C18H21N7O/c1-25-10-12(9-22-25)8-21-17-7-16(19)23-18(24-17)26-11-13-6-14(13)15-4-2-3-5-20-15/h2-5,7,9-10,13-14H,6,8,11H2,1H3,(H3,19,21,23,24)/t13-,14+/m1/s1. The molecule has 3 N–H and O–H groups in total. The van der Waals surface area contributed by atoms with Crippen molar-refractivity contribution in [1.82, 2.24) is 24.7 Å². The van der Waals surface area contributed by atoms with Gasteiger partial charge in [-0.25, -0.2) is 0 Å². The Morgan fingerprint density at radius 2 is 2.27 bits per heavy atom. The molecule has 1 fully saturated rings. The summed E-state index contributed by atoms with van der Waals surface area (Å²) in [5.74, 6) is 1.91. The number of hydrogen-bond donors (Lipinski definition) is 2. The third-order valence-corrected chi connectivity index (χ3v) is 4.37. The highest BCUT2D eigenvalue weighted by atomic mass is 16.5. The molecular weight excluding hydrogens is 330 g/mol. The summed E-state index contributed by atoms with van der Waals surface area (Å²) in [6.07, 6.45) is 6.65. The van der Waals surface area contributed by atoms with Gasteiger partial charge in [0.05, 0.1) is 12.8 Å². The molecule has 0 unspecified atom stereocenters. The molecule has 0 amide bonds. The van der Waals surface area contributed by atoms with Crippen LogP contribution in [0.4, 0.5) is 11.6 Å². The van der Waals surface area contributed by atoms with Crippen molar-refractivity contribution in [3.8, 4) is 6.01 Å². The molecule has 0 bridgehead atoms. The van der Waals surface area contributed by atoms with Gasteiger partial charge in [0, 0.05) is 55.1 Å². The van der Waals surface area contributed by atoms with Crippen LogP contribution in [0.3, 0.4) is 0 Å². The lowest BCUT2D eigenvalue weighted by Gasteiger charge is -2.08.